The normalized spacial score (nSPS) is 10.5. The Morgan fingerprint density at radius 1 is 1.67 bits per heavy atom. The number of thiophene rings is 1. The molecular weight excluding hydrogens is 216 g/mol. The van der Waals surface area contributed by atoms with E-state index in [1.807, 2.05) is 19.9 Å². The smallest absolute Gasteiger partial charge is 0.439 e. The van der Waals surface area contributed by atoms with Crippen LogP contribution in [0.15, 0.2) is 15.4 Å². The monoisotopic (exact) mass is 226 g/mol. The summed E-state index contributed by atoms with van der Waals surface area (Å²) in [6.07, 6.45) is 0. The van der Waals surface area contributed by atoms with E-state index in [1.165, 1.54) is 11.3 Å². The molecule has 0 bridgehead atoms. The van der Waals surface area contributed by atoms with E-state index in [2.05, 4.69) is 14.7 Å². The summed E-state index contributed by atoms with van der Waals surface area (Å²) in [5.41, 5.74) is 0. The highest BCUT2D eigenvalue weighted by Crippen LogP contribution is 2.35. The Kier molecular flexibility index (Phi) is 2.59. The molecule has 0 fully saturated rings. The minimum Gasteiger partial charge on any atom is -0.492 e. The maximum atomic E-state index is 10.8. The molecule has 0 saturated carbocycles. The summed E-state index contributed by atoms with van der Waals surface area (Å²) in [4.78, 5) is 15.2. The Hall–Kier alpha value is -1.56. The molecule has 0 radical (unpaired) electrons. The first-order valence-corrected chi connectivity index (χ1v) is 5.32. The van der Waals surface area contributed by atoms with Gasteiger partial charge in [0.1, 0.15) is 10.6 Å². The highest BCUT2D eigenvalue weighted by Gasteiger charge is 2.14. The molecule has 6 heteroatoms. The highest BCUT2D eigenvalue weighted by atomic mass is 32.1. The van der Waals surface area contributed by atoms with Gasteiger partial charge in [0, 0.05) is 4.88 Å². The van der Waals surface area contributed by atoms with Crippen molar-refractivity contribution in [1.29, 1.82) is 0 Å². The quantitative estimate of drug-likeness (QED) is 0.866. The van der Waals surface area contributed by atoms with Crippen LogP contribution in [0, 0.1) is 6.92 Å². The second kappa shape index (κ2) is 3.90. The second-order valence-corrected chi connectivity index (χ2v) is 4.18. The van der Waals surface area contributed by atoms with E-state index in [4.69, 9.17) is 4.74 Å². The van der Waals surface area contributed by atoms with Gasteiger partial charge in [0.05, 0.1) is 6.61 Å². The lowest BCUT2D eigenvalue weighted by atomic mass is 10.4. The largest absolute Gasteiger partial charge is 0.492 e. The lowest BCUT2D eigenvalue weighted by Gasteiger charge is -2.00. The van der Waals surface area contributed by atoms with Crippen molar-refractivity contribution in [3.63, 3.8) is 0 Å². The van der Waals surface area contributed by atoms with Gasteiger partial charge in [-0.1, -0.05) is 5.16 Å². The zero-order valence-electron chi connectivity index (χ0n) is 8.36. The first-order valence-electron chi connectivity index (χ1n) is 4.50. The molecule has 2 aromatic heterocycles. The Bertz CT molecular complexity index is 511. The van der Waals surface area contributed by atoms with Gasteiger partial charge in [0.2, 0.25) is 0 Å². The summed E-state index contributed by atoms with van der Waals surface area (Å²) < 4.78 is 9.88. The van der Waals surface area contributed by atoms with Crippen LogP contribution in [0.5, 0.6) is 5.75 Å². The minimum atomic E-state index is -0.557. The molecule has 0 aromatic carbocycles. The van der Waals surface area contributed by atoms with Gasteiger partial charge in [0.15, 0.2) is 5.82 Å². The lowest BCUT2D eigenvalue weighted by molar-refractivity contribution is 0.342. The number of ether oxygens (including phenoxy) is 1. The molecule has 2 aromatic rings. The van der Waals surface area contributed by atoms with E-state index in [-0.39, 0.29) is 0 Å². The fraction of sp³-hybridized carbons (Fsp3) is 0.333. The molecule has 0 saturated heterocycles. The van der Waals surface area contributed by atoms with E-state index < -0.39 is 5.76 Å². The van der Waals surface area contributed by atoms with E-state index in [1.54, 1.807) is 0 Å². The van der Waals surface area contributed by atoms with Gasteiger partial charge in [-0.3, -0.25) is 9.51 Å². The average Bonchev–Trinajstić information content (AvgIpc) is 2.73. The molecule has 2 rings (SSSR count). The average molecular weight is 226 g/mol. The molecule has 80 valence electrons. The van der Waals surface area contributed by atoms with E-state index in [0.29, 0.717) is 12.4 Å². The summed E-state index contributed by atoms with van der Waals surface area (Å²) in [5, 5.41) is 3.63. The minimum absolute atomic E-state index is 0.418. The van der Waals surface area contributed by atoms with Gasteiger partial charge in [-0.2, -0.15) is 0 Å². The van der Waals surface area contributed by atoms with Crippen molar-refractivity contribution in [1.82, 2.24) is 10.1 Å². The maximum Gasteiger partial charge on any atom is 0.439 e. The SMILES string of the molecule is CCOc1cc(C)sc1-c1noc(=O)[nH]1. The van der Waals surface area contributed by atoms with E-state index >= 15 is 0 Å². The Balaban J connectivity index is 2.46. The molecule has 0 amide bonds. The molecule has 0 atom stereocenters. The summed E-state index contributed by atoms with van der Waals surface area (Å²) in [6, 6.07) is 1.91. The highest BCUT2D eigenvalue weighted by molar-refractivity contribution is 7.15. The van der Waals surface area contributed by atoms with Crippen molar-refractivity contribution in [2.45, 2.75) is 13.8 Å². The summed E-state index contributed by atoms with van der Waals surface area (Å²) >= 11 is 1.50. The number of nitrogens with one attached hydrogen (secondary N) is 1. The molecule has 0 aliphatic heterocycles. The number of aromatic nitrogens is 2. The second-order valence-electron chi connectivity index (χ2n) is 2.93. The van der Waals surface area contributed by atoms with Crippen LogP contribution in [0.2, 0.25) is 0 Å². The van der Waals surface area contributed by atoms with Crippen molar-refractivity contribution >= 4 is 11.3 Å². The number of aromatic amines is 1. The molecule has 0 aliphatic carbocycles. The van der Waals surface area contributed by atoms with Crippen LogP contribution in [-0.2, 0) is 0 Å². The fourth-order valence-electron chi connectivity index (χ4n) is 1.25. The fourth-order valence-corrected chi connectivity index (χ4v) is 2.14. The van der Waals surface area contributed by atoms with Crippen LogP contribution in [0.3, 0.4) is 0 Å². The standard InChI is InChI=1S/C9H10N2O3S/c1-3-13-6-4-5(2)15-7(6)8-10-9(12)14-11-8/h4H,3H2,1-2H3,(H,10,11,12). The molecule has 15 heavy (non-hydrogen) atoms. The third-order valence-corrected chi connectivity index (χ3v) is 2.81. The number of hydrogen-bond acceptors (Lipinski definition) is 5. The number of hydrogen-bond donors (Lipinski definition) is 1. The molecular formula is C9H10N2O3S. The summed E-state index contributed by atoms with van der Waals surface area (Å²) in [6.45, 7) is 4.45. The first kappa shape index (κ1) is 9.97. The topological polar surface area (TPSA) is 68.1 Å². The van der Waals surface area contributed by atoms with Gasteiger partial charge >= 0.3 is 5.76 Å². The zero-order chi connectivity index (χ0) is 10.8. The Labute approximate surface area is 89.7 Å². The number of aryl methyl sites for hydroxylation is 1. The van der Waals surface area contributed by atoms with Crippen LogP contribution in [0.25, 0.3) is 10.7 Å². The van der Waals surface area contributed by atoms with Gasteiger partial charge in [-0.25, -0.2) is 4.79 Å². The molecule has 0 spiro atoms. The Morgan fingerprint density at radius 2 is 2.47 bits per heavy atom. The van der Waals surface area contributed by atoms with E-state index in [0.717, 1.165) is 15.5 Å². The van der Waals surface area contributed by atoms with E-state index in [9.17, 15) is 4.79 Å². The third-order valence-electron chi connectivity index (χ3n) is 1.78. The van der Waals surface area contributed by atoms with Gasteiger partial charge in [0.25, 0.3) is 0 Å². The van der Waals surface area contributed by atoms with Crippen LogP contribution >= 0.6 is 11.3 Å². The van der Waals surface area contributed by atoms with Crippen molar-refractivity contribution in [3.8, 4) is 16.5 Å². The number of rotatable bonds is 3. The zero-order valence-corrected chi connectivity index (χ0v) is 9.18. The Morgan fingerprint density at radius 3 is 3.07 bits per heavy atom. The van der Waals surface area contributed by atoms with Crippen molar-refractivity contribution < 1.29 is 9.26 Å². The van der Waals surface area contributed by atoms with Crippen LogP contribution in [0.1, 0.15) is 11.8 Å². The summed E-state index contributed by atoms with van der Waals surface area (Å²) in [5.74, 6) is 0.588. The van der Waals surface area contributed by atoms with Gasteiger partial charge in [-0.05, 0) is 19.9 Å². The number of nitrogens with zero attached hydrogens (tertiary/aromatic N) is 1. The van der Waals surface area contributed by atoms with Crippen molar-refractivity contribution in [3.05, 3.63) is 21.5 Å². The van der Waals surface area contributed by atoms with Crippen molar-refractivity contribution in [2.24, 2.45) is 0 Å². The van der Waals surface area contributed by atoms with Crippen LogP contribution in [-0.4, -0.2) is 16.7 Å². The summed E-state index contributed by atoms with van der Waals surface area (Å²) in [7, 11) is 0. The molecule has 1 N–H and O–H groups in total. The van der Waals surface area contributed by atoms with Crippen LogP contribution < -0.4 is 10.5 Å². The first-order chi connectivity index (χ1) is 7.20. The third kappa shape index (κ3) is 1.94. The maximum absolute atomic E-state index is 10.8. The van der Waals surface area contributed by atoms with Crippen LogP contribution in [0.4, 0.5) is 0 Å². The number of H-pyrrole nitrogens is 1. The molecule has 0 unspecified atom stereocenters. The lowest BCUT2D eigenvalue weighted by Crippen LogP contribution is -1.95. The predicted octanol–water partition coefficient (Wildman–Crippen LogP) is 1.80. The molecule has 2 heterocycles. The molecule has 0 aliphatic rings. The van der Waals surface area contributed by atoms with Gasteiger partial charge in [-0.15, -0.1) is 11.3 Å². The predicted molar refractivity (Wildman–Crippen MR) is 56.3 cm³/mol. The molecule has 5 nitrogen and oxygen atoms in total. The van der Waals surface area contributed by atoms with Crippen molar-refractivity contribution in [2.75, 3.05) is 6.61 Å². The van der Waals surface area contributed by atoms with Gasteiger partial charge < -0.3 is 4.74 Å².